The lowest BCUT2D eigenvalue weighted by Crippen LogP contribution is -2.21. The highest BCUT2D eigenvalue weighted by Gasteiger charge is 2.12. The third kappa shape index (κ3) is 1.44. The number of ether oxygens (including phenoxy) is 1. The van der Waals surface area contributed by atoms with E-state index in [2.05, 4.69) is 29.6 Å². The zero-order valence-corrected chi connectivity index (χ0v) is 8.23. The molecular formula is C13H11NO. The van der Waals surface area contributed by atoms with Gasteiger partial charge in [-0.1, -0.05) is 36.4 Å². The van der Waals surface area contributed by atoms with E-state index in [1.54, 1.807) is 0 Å². The second-order valence-corrected chi connectivity index (χ2v) is 3.54. The highest BCUT2D eigenvalue weighted by atomic mass is 16.5. The minimum absolute atomic E-state index is 0.828. The summed E-state index contributed by atoms with van der Waals surface area (Å²) >= 11 is 0. The second kappa shape index (κ2) is 3.31. The van der Waals surface area contributed by atoms with Crippen molar-refractivity contribution in [2.45, 2.75) is 0 Å². The molecule has 0 aliphatic carbocycles. The van der Waals surface area contributed by atoms with Crippen LogP contribution in [-0.4, -0.2) is 6.54 Å². The number of allylic oxidation sites excluding steroid dienone is 3. The SMILES string of the molecule is C1=CC2=C(NC1)Oc1ccccc1C=C2. The van der Waals surface area contributed by atoms with Crippen molar-refractivity contribution in [3.05, 3.63) is 59.5 Å². The third-order valence-electron chi connectivity index (χ3n) is 2.51. The first-order valence-electron chi connectivity index (χ1n) is 5.03. The van der Waals surface area contributed by atoms with Gasteiger partial charge in [-0.25, -0.2) is 0 Å². The fourth-order valence-electron chi connectivity index (χ4n) is 1.74. The Balaban J connectivity index is 2.09. The molecule has 0 radical (unpaired) electrons. The summed E-state index contributed by atoms with van der Waals surface area (Å²) in [5.41, 5.74) is 2.21. The van der Waals surface area contributed by atoms with Crippen LogP contribution < -0.4 is 10.1 Å². The van der Waals surface area contributed by atoms with Crippen LogP contribution >= 0.6 is 0 Å². The standard InChI is InChI=1S/C13H11NO/c1-2-6-12-10(4-1)7-8-11-5-3-9-14-13(11)15-12/h1-8,14H,9H2. The number of hydrogen-bond donors (Lipinski definition) is 1. The van der Waals surface area contributed by atoms with Crippen LogP contribution in [0, 0.1) is 0 Å². The Bertz CT molecular complexity index is 483. The number of benzene rings is 1. The highest BCUT2D eigenvalue weighted by Crippen LogP contribution is 2.27. The Morgan fingerprint density at radius 1 is 1.07 bits per heavy atom. The van der Waals surface area contributed by atoms with Crippen molar-refractivity contribution in [1.29, 1.82) is 0 Å². The summed E-state index contributed by atoms with van der Waals surface area (Å²) in [5.74, 6) is 1.75. The molecule has 1 N–H and O–H groups in total. The maximum absolute atomic E-state index is 5.82. The lowest BCUT2D eigenvalue weighted by Gasteiger charge is -2.15. The summed E-state index contributed by atoms with van der Waals surface area (Å²) < 4.78 is 5.82. The molecule has 2 aliphatic rings. The Labute approximate surface area is 88.6 Å². The number of rotatable bonds is 0. The quantitative estimate of drug-likeness (QED) is 0.689. The first kappa shape index (κ1) is 8.36. The lowest BCUT2D eigenvalue weighted by atomic mass is 10.1. The van der Waals surface area contributed by atoms with Crippen LogP contribution in [0.4, 0.5) is 0 Å². The molecule has 1 aromatic carbocycles. The van der Waals surface area contributed by atoms with Gasteiger partial charge in [0.15, 0.2) is 0 Å². The number of para-hydroxylation sites is 1. The molecule has 0 aromatic heterocycles. The summed E-state index contributed by atoms with van der Waals surface area (Å²) in [6.07, 6.45) is 8.32. The molecule has 0 amide bonds. The average Bonchev–Trinajstić information content (AvgIpc) is 2.48. The Morgan fingerprint density at radius 3 is 3.00 bits per heavy atom. The molecule has 15 heavy (non-hydrogen) atoms. The van der Waals surface area contributed by atoms with Gasteiger partial charge < -0.3 is 10.1 Å². The number of dihydropyridines is 1. The van der Waals surface area contributed by atoms with Crippen molar-refractivity contribution in [2.75, 3.05) is 6.54 Å². The molecule has 0 fully saturated rings. The van der Waals surface area contributed by atoms with Gasteiger partial charge in [-0.15, -0.1) is 0 Å². The van der Waals surface area contributed by atoms with Crippen LogP contribution in [0.1, 0.15) is 5.56 Å². The zero-order chi connectivity index (χ0) is 10.1. The second-order valence-electron chi connectivity index (χ2n) is 3.54. The molecule has 0 saturated carbocycles. The monoisotopic (exact) mass is 197 g/mol. The van der Waals surface area contributed by atoms with Crippen LogP contribution in [0.2, 0.25) is 0 Å². The van der Waals surface area contributed by atoms with Crippen LogP contribution in [-0.2, 0) is 0 Å². The van der Waals surface area contributed by atoms with E-state index in [0.717, 1.165) is 29.3 Å². The van der Waals surface area contributed by atoms with Gasteiger partial charge in [-0.2, -0.15) is 0 Å². The van der Waals surface area contributed by atoms with Gasteiger partial charge in [0.1, 0.15) is 5.75 Å². The van der Waals surface area contributed by atoms with E-state index in [4.69, 9.17) is 4.74 Å². The normalized spacial score (nSPS) is 17.3. The molecule has 74 valence electrons. The predicted molar refractivity (Wildman–Crippen MR) is 60.3 cm³/mol. The van der Waals surface area contributed by atoms with Gasteiger partial charge >= 0.3 is 0 Å². The van der Waals surface area contributed by atoms with Crippen LogP contribution in [0.15, 0.2) is 53.9 Å². The van der Waals surface area contributed by atoms with E-state index >= 15 is 0 Å². The molecule has 0 spiro atoms. The number of hydrogen-bond acceptors (Lipinski definition) is 2. The van der Waals surface area contributed by atoms with Gasteiger partial charge in [0.2, 0.25) is 5.88 Å². The maximum atomic E-state index is 5.82. The maximum Gasteiger partial charge on any atom is 0.200 e. The zero-order valence-electron chi connectivity index (χ0n) is 8.23. The Morgan fingerprint density at radius 2 is 2.00 bits per heavy atom. The highest BCUT2D eigenvalue weighted by molar-refractivity contribution is 5.63. The van der Waals surface area contributed by atoms with Crippen molar-refractivity contribution in [3.8, 4) is 5.75 Å². The van der Waals surface area contributed by atoms with Crippen molar-refractivity contribution >= 4 is 6.08 Å². The van der Waals surface area contributed by atoms with Gasteiger partial charge in [0, 0.05) is 17.7 Å². The minimum atomic E-state index is 0.828. The number of nitrogens with one attached hydrogen (secondary N) is 1. The predicted octanol–water partition coefficient (Wildman–Crippen LogP) is 2.46. The van der Waals surface area contributed by atoms with Gasteiger partial charge in [0.05, 0.1) is 0 Å². The smallest absolute Gasteiger partial charge is 0.200 e. The summed E-state index contributed by atoms with van der Waals surface area (Å²) in [6, 6.07) is 8.03. The minimum Gasteiger partial charge on any atom is -0.440 e. The third-order valence-corrected chi connectivity index (χ3v) is 2.51. The van der Waals surface area contributed by atoms with Gasteiger partial charge in [-0.05, 0) is 12.1 Å². The van der Waals surface area contributed by atoms with E-state index in [-0.39, 0.29) is 0 Å². The summed E-state index contributed by atoms with van der Waals surface area (Å²) in [5, 5.41) is 3.22. The van der Waals surface area contributed by atoms with E-state index in [1.165, 1.54) is 0 Å². The summed E-state index contributed by atoms with van der Waals surface area (Å²) in [4.78, 5) is 0. The lowest BCUT2D eigenvalue weighted by molar-refractivity contribution is 0.381. The van der Waals surface area contributed by atoms with Crippen molar-refractivity contribution < 1.29 is 4.74 Å². The van der Waals surface area contributed by atoms with E-state index in [0.29, 0.717) is 0 Å². The first-order chi connectivity index (χ1) is 7.43. The van der Waals surface area contributed by atoms with Crippen LogP contribution in [0.5, 0.6) is 5.75 Å². The average molecular weight is 197 g/mol. The molecule has 0 atom stereocenters. The van der Waals surface area contributed by atoms with Gasteiger partial charge in [-0.3, -0.25) is 0 Å². The molecule has 0 unspecified atom stereocenters. The van der Waals surface area contributed by atoms with Crippen molar-refractivity contribution in [2.24, 2.45) is 0 Å². The largest absolute Gasteiger partial charge is 0.440 e. The molecule has 0 saturated heterocycles. The molecule has 0 bridgehead atoms. The van der Waals surface area contributed by atoms with Crippen molar-refractivity contribution in [3.63, 3.8) is 0 Å². The van der Waals surface area contributed by atoms with E-state index in [1.807, 2.05) is 24.3 Å². The Kier molecular flexibility index (Phi) is 1.85. The summed E-state index contributed by atoms with van der Waals surface area (Å²) in [6.45, 7) is 0.828. The van der Waals surface area contributed by atoms with Crippen molar-refractivity contribution in [1.82, 2.24) is 5.32 Å². The van der Waals surface area contributed by atoms with Crippen LogP contribution in [0.3, 0.4) is 0 Å². The fourth-order valence-corrected chi connectivity index (χ4v) is 1.74. The first-order valence-corrected chi connectivity index (χ1v) is 5.03. The van der Waals surface area contributed by atoms with Crippen LogP contribution in [0.25, 0.3) is 6.08 Å². The van der Waals surface area contributed by atoms with E-state index in [9.17, 15) is 0 Å². The molecule has 3 rings (SSSR count). The number of fused-ring (bicyclic) bond motifs is 1. The molecule has 2 heterocycles. The summed E-state index contributed by atoms with van der Waals surface area (Å²) in [7, 11) is 0. The molecule has 1 aromatic rings. The molecular weight excluding hydrogens is 186 g/mol. The fraction of sp³-hybridized carbons (Fsp3) is 0.0769. The van der Waals surface area contributed by atoms with Gasteiger partial charge in [0.25, 0.3) is 0 Å². The molecule has 2 nitrogen and oxygen atoms in total. The Hall–Kier alpha value is -1.96. The molecule has 2 aliphatic heterocycles. The molecule has 2 heteroatoms. The topological polar surface area (TPSA) is 21.3 Å². The van der Waals surface area contributed by atoms with E-state index < -0.39 is 0 Å².